The largest absolute Gasteiger partial charge is 0.274 e. The molecule has 1 aliphatic carbocycles. The summed E-state index contributed by atoms with van der Waals surface area (Å²) < 4.78 is 0. The molecular weight excluding hydrogens is 440 g/mol. The molecule has 2 aliphatic heterocycles. The van der Waals surface area contributed by atoms with Crippen molar-refractivity contribution in [2.75, 3.05) is 9.80 Å². The summed E-state index contributed by atoms with van der Waals surface area (Å²) >= 11 is 0. The summed E-state index contributed by atoms with van der Waals surface area (Å²) in [6.07, 6.45) is 2.46. The maximum Gasteiger partial charge on any atom is 0.241 e. The monoisotopic (exact) mass is 470 g/mol. The van der Waals surface area contributed by atoms with Gasteiger partial charge in [-0.25, -0.2) is 4.90 Å². The van der Waals surface area contributed by atoms with E-state index in [9.17, 15) is 19.2 Å². The number of aryl methyl sites for hydroxylation is 2. The van der Waals surface area contributed by atoms with Crippen LogP contribution in [0, 0.1) is 51.4 Å². The van der Waals surface area contributed by atoms with Crippen molar-refractivity contribution >= 4 is 35.0 Å². The molecule has 3 aliphatic rings. The maximum atomic E-state index is 13.5. The number of hydrogen-bond donors (Lipinski definition) is 0. The number of rotatable bonds is 3. The zero-order valence-electron chi connectivity index (χ0n) is 20.8. The first kappa shape index (κ1) is 23.2. The third-order valence-electron chi connectivity index (χ3n) is 8.25. The van der Waals surface area contributed by atoms with Crippen LogP contribution in [0.5, 0.6) is 0 Å². The third-order valence-corrected chi connectivity index (χ3v) is 8.25. The highest BCUT2D eigenvalue weighted by Gasteiger charge is 2.54. The van der Waals surface area contributed by atoms with Gasteiger partial charge in [0, 0.05) is 6.42 Å². The van der Waals surface area contributed by atoms with E-state index < -0.39 is 17.8 Å². The van der Waals surface area contributed by atoms with E-state index in [-0.39, 0.29) is 36.0 Å². The minimum absolute atomic E-state index is 0.112. The first-order valence-corrected chi connectivity index (χ1v) is 12.2. The highest BCUT2D eigenvalue weighted by Crippen LogP contribution is 2.47. The van der Waals surface area contributed by atoms with Crippen molar-refractivity contribution in [3.63, 3.8) is 0 Å². The molecule has 0 radical (unpaired) electrons. The molecule has 0 unspecified atom stereocenters. The number of benzene rings is 2. The first-order chi connectivity index (χ1) is 16.6. The minimum atomic E-state index is -0.532. The zero-order valence-corrected chi connectivity index (χ0v) is 20.8. The topological polar surface area (TPSA) is 74.8 Å². The Hall–Kier alpha value is -3.54. The van der Waals surface area contributed by atoms with Gasteiger partial charge in [-0.3, -0.25) is 24.1 Å². The van der Waals surface area contributed by atoms with Crippen molar-refractivity contribution in [2.24, 2.45) is 23.7 Å². The quantitative estimate of drug-likeness (QED) is 0.486. The average Bonchev–Trinajstić information content (AvgIpc) is 3.25. The fraction of sp³-hybridized carbons (Fsp3) is 0.379. The molecule has 0 spiro atoms. The van der Waals surface area contributed by atoms with Crippen LogP contribution in [0.3, 0.4) is 0 Å². The smallest absolute Gasteiger partial charge is 0.241 e. The number of hydrogen-bond acceptors (Lipinski definition) is 4. The number of imide groups is 2. The molecular formula is C29H30N2O4. The normalized spacial score (nSPS) is 26.5. The number of nitrogens with zero attached hydrogens (tertiary/aromatic N) is 2. The average molecular weight is 471 g/mol. The Bertz CT molecular complexity index is 1320. The van der Waals surface area contributed by atoms with Crippen LogP contribution < -0.4 is 9.80 Å². The van der Waals surface area contributed by atoms with Crippen LogP contribution >= 0.6 is 0 Å². The van der Waals surface area contributed by atoms with Crippen molar-refractivity contribution in [3.05, 3.63) is 70.3 Å². The van der Waals surface area contributed by atoms with Crippen molar-refractivity contribution in [1.29, 1.82) is 0 Å². The lowest BCUT2D eigenvalue weighted by Gasteiger charge is -2.30. The second-order valence-corrected chi connectivity index (χ2v) is 10.2. The van der Waals surface area contributed by atoms with E-state index in [1.54, 1.807) is 6.07 Å². The van der Waals surface area contributed by atoms with Gasteiger partial charge in [-0.1, -0.05) is 35.9 Å². The second-order valence-electron chi connectivity index (χ2n) is 10.2. The Kier molecular flexibility index (Phi) is 5.50. The second kappa shape index (κ2) is 8.29. The van der Waals surface area contributed by atoms with E-state index in [0.29, 0.717) is 17.8 Å². The van der Waals surface area contributed by atoms with E-state index >= 15 is 0 Å². The van der Waals surface area contributed by atoms with E-state index in [2.05, 4.69) is 0 Å². The summed E-state index contributed by atoms with van der Waals surface area (Å²) in [6.45, 7) is 9.62. The van der Waals surface area contributed by atoms with Gasteiger partial charge in [0.25, 0.3) is 0 Å². The van der Waals surface area contributed by atoms with Crippen LogP contribution in [-0.2, 0) is 19.2 Å². The molecule has 6 nitrogen and oxygen atoms in total. The van der Waals surface area contributed by atoms with Crippen LogP contribution in [0.25, 0.3) is 0 Å². The molecule has 180 valence electrons. The number of fused-ring (bicyclic) bond motifs is 1. The lowest BCUT2D eigenvalue weighted by molar-refractivity contribution is -0.125. The van der Waals surface area contributed by atoms with Crippen molar-refractivity contribution in [2.45, 2.75) is 47.5 Å². The van der Waals surface area contributed by atoms with Gasteiger partial charge in [0.05, 0.1) is 29.1 Å². The molecule has 5 rings (SSSR count). The molecule has 2 aromatic rings. The molecule has 35 heavy (non-hydrogen) atoms. The molecule has 4 atom stereocenters. The molecule has 2 aromatic carbocycles. The van der Waals surface area contributed by atoms with Gasteiger partial charge < -0.3 is 0 Å². The van der Waals surface area contributed by atoms with E-state index in [1.807, 2.05) is 71.0 Å². The lowest BCUT2D eigenvalue weighted by atomic mass is 9.71. The van der Waals surface area contributed by atoms with Crippen LogP contribution in [0.15, 0.2) is 48.0 Å². The summed E-state index contributed by atoms with van der Waals surface area (Å²) in [6, 6.07) is 11.2. The van der Waals surface area contributed by atoms with Gasteiger partial charge in [-0.2, -0.15) is 0 Å². The van der Waals surface area contributed by atoms with E-state index in [4.69, 9.17) is 0 Å². The van der Waals surface area contributed by atoms with Gasteiger partial charge in [0.15, 0.2) is 0 Å². The Morgan fingerprint density at radius 3 is 1.83 bits per heavy atom. The standard InChI is InChI=1S/C29H30N2O4/c1-15-8-6-10-23(18(15)4)30-25(32)14-21(27(30)33)20-12-17(3)26-22(13-20)28(34)31(29(26)35)24-11-7-9-16(2)19(24)5/h6-12,20-22,26H,13-14H2,1-5H3/t20-,21-,22-,26-/m0/s1. The van der Waals surface area contributed by atoms with Crippen molar-refractivity contribution < 1.29 is 19.2 Å². The molecule has 6 heteroatoms. The Balaban J connectivity index is 1.45. The fourth-order valence-electron chi connectivity index (χ4n) is 6.00. The summed E-state index contributed by atoms with van der Waals surface area (Å²) in [5.41, 5.74) is 5.92. The Morgan fingerprint density at radius 1 is 0.686 bits per heavy atom. The van der Waals surface area contributed by atoms with Crippen LogP contribution in [0.1, 0.15) is 42.0 Å². The molecule has 2 fully saturated rings. The van der Waals surface area contributed by atoms with Crippen molar-refractivity contribution in [3.8, 4) is 0 Å². The predicted octanol–water partition coefficient (Wildman–Crippen LogP) is 4.57. The molecule has 2 saturated heterocycles. The highest BCUT2D eigenvalue weighted by atomic mass is 16.2. The predicted molar refractivity (Wildman–Crippen MR) is 134 cm³/mol. The van der Waals surface area contributed by atoms with Crippen molar-refractivity contribution in [1.82, 2.24) is 0 Å². The number of anilines is 2. The number of carbonyl (C=O) groups is 4. The zero-order chi connectivity index (χ0) is 25.2. The Morgan fingerprint density at radius 2 is 1.23 bits per heavy atom. The van der Waals surface area contributed by atoms with Gasteiger partial charge in [0.2, 0.25) is 23.6 Å². The number of allylic oxidation sites excluding steroid dienone is 1. The molecule has 0 saturated carbocycles. The molecule has 0 bridgehead atoms. The van der Waals surface area contributed by atoms with Gasteiger partial charge in [-0.15, -0.1) is 0 Å². The Labute approximate surface area is 205 Å². The van der Waals surface area contributed by atoms with Crippen LogP contribution in [-0.4, -0.2) is 23.6 Å². The highest BCUT2D eigenvalue weighted by molar-refractivity contribution is 6.24. The van der Waals surface area contributed by atoms with Gasteiger partial charge >= 0.3 is 0 Å². The lowest BCUT2D eigenvalue weighted by Crippen LogP contribution is -2.35. The third kappa shape index (κ3) is 3.46. The summed E-state index contributed by atoms with van der Waals surface area (Å²) in [4.78, 5) is 56.1. The molecule has 4 amide bonds. The summed E-state index contributed by atoms with van der Waals surface area (Å²) in [5.74, 6) is -2.68. The summed E-state index contributed by atoms with van der Waals surface area (Å²) in [5, 5.41) is 0. The number of amides is 4. The van der Waals surface area contributed by atoms with Crippen LogP contribution in [0.2, 0.25) is 0 Å². The maximum absolute atomic E-state index is 13.5. The van der Waals surface area contributed by atoms with Gasteiger partial charge in [0.1, 0.15) is 0 Å². The SMILES string of the molecule is CC1=C[C@H]([C@@H]2CC(=O)N(c3cccc(C)c3C)C2=O)C[C@@H]2C(=O)N(c3cccc(C)c3C)C(=O)[C@@H]12. The molecule has 0 aromatic heterocycles. The fourth-order valence-corrected chi connectivity index (χ4v) is 6.00. The van der Waals surface area contributed by atoms with Gasteiger partial charge in [-0.05, 0) is 81.3 Å². The first-order valence-electron chi connectivity index (χ1n) is 12.2. The molecule has 2 heterocycles. The van der Waals surface area contributed by atoms with E-state index in [0.717, 1.165) is 27.8 Å². The minimum Gasteiger partial charge on any atom is -0.274 e. The summed E-state index contributed by atoms with van der Waals surface area (Å²) in [7, 11) is 0. The van der Waals surface area contributed by atoms with E-state index in [1.165, 1.54) is 9.80 Å². The number of carbonyl (C=O) groups excluding carboxylic acids is 4. The van der Waals surface area contributed by atoms with Crippen LogP contribution in [0.4, 0.5) is 11.4 Å². The molecule has 0 N–H and O–H groups in total.